The van der Waals surface area contributed by atoms with Crippen LogP contribution in [0.1, 0.15) is 25.7 Å². The molecule has 2 saturated heterocycles. The van der Waals surface area contributed by atoms with Crippen molar-refractivity contribution in [2.75, 3.05) is 0 Å². The largest absolute Gasteiger partial charge is 0.228 e. The van der Waals surface area contributed by atoms with E-state index in [-0.39, 0.29) is 0 Å². The minimum atomic E-state index is 0.390. The minimum absolute atomic E-state index is 0.390. The van der Waals surface area contributed by atoms with Crippen LogP contribution in [-0.2, 0) is 0 Å². The molecule has 2 rings (SSSR count). The van der Waals surface area contributed by atoms with Crippen molar-refractivity contribution >= 4 is 46.5 Å². The van der Waals surface area contributed by atoms with Crippen molar-refractivity contribution in [2.24, 2.45) is 9.98 Å². The Hall–Kier alpha value is -0.0500. The Kier molecular flexibility index (Phi) is 4.06. The van der Waals surface area contributed by atoms with Gasteiger partial charge in [-0.3, -0.25) is 0 Å². The number of thiocarbonyl (C=S) groups is 2. The Morgan fingerprint density at radius 3 is 1.73 bits per heavy atom. The van der Waals surface area contributed by atoms with Crippen molar-refractivity contribution in [1.29, 1.82) is 0 Å². The van der Waals surface area contributed by atoms with Crippen LogP contribution in [0.3, 0.4) is 0 Å². The Bertz CT molecular complexity index is 300. The summed E-state index contributed by atoms with van der Waals surface area (Å²) in [6, 6.07) is 0.780. The molecule has 0 aliphatic carbocycles. The number of thioether (sulfide) groups is 1. The molecule has 2 nitrogen and oxygen atoms in total. The molecule has 2 fully saturated rings. The van der Waals surface area contributed by atoms with Gasteiger partial charge in [-0.2, -0.15) is 11.8 Å². The zero-order chi connectivity index (χ0) is 10.7. The van der Waals surface area contributed by atoms with Crippen molar-refractivity contribution in [3.8, 4) is 0 Å². The first-order valence-corrected chi connectivity index (χ1v) is 6.90. The van der Waals surface area contributed by atoms with Crippen LogP contribution >= 0.6 is 36.2 Å². The highest BCUT2D eigenvalue weighted by Gasteiger charge is 2.38. The van der Waals surface area contributed by atoms with Gasteiger partial charge in [0.15, 0.2) is 0 Å². The Morgan fingerprint density at radius 1 is 0.867 bits per heavy atom. The SMILES string of the molecule is S=C=N[C@@H]1CC[C@H]2S[C@@H]1CC[C@H]2N=C=S. The molecule has 0 spiro atoms. The molecule has 0 aromatic carbocycles. The van der Waals surface area contributed by atoms with Gasteiger partial charge in [-0.05, 0) is 50.1 Å². The van der Waals surface area contributed by atoms with Crippen molar-refractivity contribution in [2.45, 2.75) is 48.3 Å². The fourth-order valence-corrected chi connectivity index (χ4v) is 4.42. The lowest BCUT2D eigenvalue weighted by Gasteiger charge is -2.40. The smallest absolute Gasteiger partial charge is 0.0721 e. The van der Waals surface area contributed by atoms with Gasteiger partial charge in [0.2, 0.25) is 0 Å². The van der Waals surface area contributed by atoms with Gasteiger partial charge < -0.3 is 0 Å². The van der Waals surface area contributed by atoms with Gasteiger partial charge in [-0.1, -0.05) is 0 Å². The monoisotopic (exact) mass is 256 g/mol. The number of nitrogens with zero attached hydrogens (tertiary/aromatic N) is 2. The van der Waals surface area contributed by atoms with Gasteiger partial charge in [0.1, 0.15) is 0 Å². The number of aliphatic imine (C=N–C) groups is 2. The fourth-order valence-electron chi connectivity index (χ4n) is 2.40. The van der Waals surface area contributed by atoms with Crippen LogP contribution < -0.4 is 0 Å². The number of rotatable bonds is 2. The zero-order valence-electron chi connectivity index (χ0n) is 8.26. The molecule has 2 heterocycles. The summed E-state index contributed by atoms with van der Waals surface area (Å²) in [6.45, 7) is 0. The molecule has 4 atom stereocenters. The van der Waals surface area contributed by atoms with E-state index < -0.39 is 0 Å². The van der Waals surface area contributed by atoms with E-state index in [1.165, 1.54) is 0 Å². The maximum absolute atomic E-state index is 4.68. The van der Waals surface area contributed by atoms with E-state index in [9.17, 15) is 0 Å². The van der Waals surface area contributed by atoms with E-state index in [1.54, 1.807) is 0 Å². The molecule has 2 aliphatic rings. The van der Waals surface area contributed by atoms with E-state index in [2.05, 4.69) is 44.7 Å². The van der Waals surface area contributed by atoms with Gasteiger partial charge >= 0.3 is 0 Å². The third-order valence-electron chi connectivity index (χ3n) is 3.14. The molecule has 2 aliphatic heterocycles. The highest BCUT2D eigenvalue weighted by Crippen LogP contribution is 2.43. The van der Waals surface area contributed by atoms with Crippen molar-refractivity contribution < 1.29 is 0 Å². The fraction of sp³-hybridized carbons (Fsp3) is 0.800. The van der Waals surface area contributed by atoms with Gasteiger partial charge in [-0.25, -0.2) is 9.98 Å². The third-order valence-corrected chi connectivity index (χ3v) is 5.15. The Labute approximate surface area is 105 Å². The summed E-state index contributed by atoms with van der Waals surface area (Å²) in [6.07, 6.45) is 4.57. The average molecular weight is 256 g/mol. The molecule has 15 heavy (non-hydrogen) atoms. The summed E-state index contributed by atoms with van der Waals surface area (Å²) in [5.74, 6) is 0. The van der Waals surface area contributed by atoms with Crippen LogP contribution in [0.15, 0.2) is 9.98 Å². The topological polar surface area (TPSA) is 24.7 Å². The molecule has 5 heteroatoms. The van der Waals surface area contributed by atoms with Crippen LogP contribution in [-0.4, -0.2) is 32.9 Å². The van der Waals surface area contributed by atoms with Gasteiger partial charge in [0.25, 0.3) is 0 Å². The maximum Gasteiger partial charge on any atom is 0.0721 e. The van der Waals surface area contributed by atoms with Crippen molar-refractivity contribution in [3.63, 3.8) is 0 Å². The molecule has 0 N–H and O–H groups in total. The van der Waals surface area contributed by atoms with Crippen LogP contribution in [0, 0.1) is 0 Å². The second-order valence-electron chi connectivity index (χ2n) is 3.94. The lowest BCUT2D eigenvalue weighted by atomic mass is 9.92. The summed E-state index contributed by atoms with van der Waals surface area (Å²) >= 11 is 11.4. The minimum Gasteiger partial charge on any atom is -0.228 e. The number of isothiocyanates is 2. The highest BCUT2D eigenvalue weighted by molar-refractivity contribution is 8.00. The van der Waals surface area contributed by atoms with E-state index >= 15 is 0 Å². The summed E-state index contributed by atoms with van der Waals surface area (Å²) in [7, 11) is 0. The second-order valence-corrected chi connectivity index (χ2v) is 5.79. The molecule has 0 saturated carbocycles. The number of fused-ring (bicyclic) bond motifs is 2. The zero-order valence-corrected chi connectivity index (χ0v) is 10.7. The van der Waals surface area contributed by atoms with E-state index in [0.717, 1.165) is 25.7 Å². The normalized spacial score (nSPS) is 38.7. The summed E-state index contributed by atoms with van der Waals surface area (Å²) in [5, 5.41) is 6.28. The lowest BCUT2D eigenvalue weighted by molar-refractivity contribution is 0.411. The first-order valence-electron chi connectivity index (χ1n) is 5.14. The predicted octanol–water partition coefficient (Wildman–Crippen LogP) is 2.99. The molecular weight excluding hydrogens is 244 g/mol. The average Bonchev–Trinajstić information content (AvgIpc) is 2.26. The Balaban J connectivity index is 2.05. The molecule has 0 unspecified atom stereocenters. The Morgan fingerprint density at radius 2 is 1.33 bits per heavy atom. The summed E-state index contributed by atoms with van der Waals surface area (Å²) in [4.78, 5) is 8.50. The second kappa shape index (κ2) is 5.33. The first kappa shape index (κ1) is 11.4. The van der Waals surface area contributed by atoms with Gasteiger partial charge in [0.05, 0.1) is 22.4 Å². The lowest BCUT2D eigenvalue weighted by Crippen LogP contribution is -2.40. The van der Waals surface area contributed by atoms with Crippen LogP contribution in [0.5, 0.6) is 0 Å². The molecule has 0 aromatic rings. The van der Waals surface area contributed by atoms with Crippen LogP contribution in [0.2, 0.25) is 0 Å². The molecular formula is C10H12N2S3. The highest BCUT2D eigenvalue weighted by atomic mass is 32.2. The van der Waals surface area contributed by atoms with Gasteiger partial charge in [-0.15, -0.1) is 0 Å². The standard InChI is InChI=1S/C10H12N2S3/c13-5-11-7-1-3-9-8(12-6-14)2-4-10(7)15-9/h7-10H,1-4H2/t7-,8-,9-,10-/m1/s1. The number of hydrogen-bond acceptors (Lipinski definition) is 5. The molecule has 0 radical (unpaired) electrons. The van der Waals surface area contributed by atoms with Crippen molar-refractivity contribution in [3.05, 3.63) is 0 Å². The van der Waals surface area contributed by atoms with Crippen molar-refractivity contribution in [1.82, 2.24) is 0 Å². The quantitative estimate of drug-likeness (QED) is 0.561. The third kappa shape index (κ3) is 2.55. The van der Waals surface area contributed by atoms with E-state index in [1.807, 2.05) is 11.8 Å². The molecule has 0 aromatic heterocycles. The van der Waals surface area contributed by atoms with Gasteiger partial charge in [0, 0.05) is 10.5 Å². The van der Waals surface area contributed by atoms with E-state index in [0.29, 0.717) is 22.6 Å². The molecule has 80 valence electrons. The maximum atomic E-state index is 4.68. The number of hydrogen-bond donors (Lipinski definition) is 0. The molecule has 2 bridgehead atoms. The van der Waals surface area contributed by atoms with E-state index in [4.69, 9.17) is 0 Å². The van der Waals surface area contributed by atoms with Crippen LogP contribution in [0.25, 0.3) is 0 Å². The first-order chi connectivity index (χ1) is 7.35. The summed E-state index contributed by atoms with van der Waals surface area (Å²) in [5.41, 5.74) is 0. The summed E-state index contributed by atoms with van der Waals surface area (Å²) < 4.78 is 0. The molecule has 0 amide bonds. The predicted molar refractivity (Wildman–Crippen MR) is 71.3 cm³/mol. The van der Waals surface area contributed by atoms with Crippen LogP contribution in [0.4, 0.5) is 0 Å².